The molecule has 0 fully saturated rings. The molecular formula is C13H20O3. The fourth-order valence-corrected chi connectivity index (χ4v) is 2.38. The van der Waals surface area contributed by atoms with Gasteiger partial charge < -0.3 is 9.53 Å². The van der Waals surface area contributed by atoms with E-state index in [4.69, 9.17) is 4.74 Å². The minimum atomic E-state index is -0.543. The van der Waals surface area contributed by atoms with Gasteiger partial charge in [0.25, 0.3) is 0 Å². The van der Waals surface area contributed by atoms with Gasteiger partial charge in [-0.3, -0.25) is 0 Å². The van der Waals surface area contributed by atoms with Crippen molar-refractivity contribution >= 4 is 11.8 Å². The first-order valence-corrected chi connectivity index (χ1v) is 5.95. The number of ether oxygens (including phenoxy) is 1. The molecule has 1 aliphatic heterocycles. The van der Waals surface area contributed by atoms with E-state index in [9.17, 15) is 9.59 Å². The van der Waals surface area contributed by atoms with E-state index in [2.05, 4.69) is 6.92 Å². The number of esters is 1. The summed E-state index contributed by atoms with van der Waals surface area (Å²) in [5.41, 5.74) is -0.543. The van der Waals surface area contributed by atoms with Gasteiger partial charge in [0.2, 0.25) is 0 Å². The van der Waals surface area contributed by atoms with Crippen molar-refractivity contribution in [2.24, 2.45) is 5.92 Å². The summed E-state index contributed by atoms with van der Waals surface area (Å²) >= 11 is 0. The molecule has 0 saturated carbocycles. The number of hydrogen-bond donors (Lipinski definition) is 0. The Balaban J connectivity index is 2.85. The van der Waals surface area contributed by atoms with Gasteiger partial charge in [-0.2, -0.15) is 0 Å². The smallest absolute Gasteiger partial charge is 0.331 e. The van der Waals surface area contributed by atoms with Crippen LogP contribution < -0.4 is 0 Å². The van der Waals surface area contributed by atoms with E-state index >= 15 is 0 Å². The Kier molecular flexibility index (Phi) is 4.27. The molecular weight excluding hydrogens is 204 g/mol. The minimum absolute atomic E-state index is 0.114. The van der Waals surface area contributed by atoms with Gasteiger partial charge in [-0.1, -0.05) is 20.3 Å². The monoisotopic (exact) mass is 224 g/mol. The summed E-state index contributed by atoms with van der Waals surface area (Å²) in [6.07, 6.45) is 6.42. The van der Waals surface area contributed by atoms with Gasteiger partial charge in [0.15, 0.2) is 0 Å². The number of carbonyl (C=O) groups excluding carboxylic acids is 2. The molecule has 0 amide bonds. The maximum atomic E-state index is 11.3. The third-order valence-corrected chi connectivity index (χ3v) is 3.21. The van der Waals surface area contributed by atoms with E-state index in [1.54, 1.807) is 6.92 Å². The van der Waals surface area contributed by atoms with Gasteiger partial charge in [-0.15, -0.1) is 0 Å². The average Bonchev–Trinajstić information content (AvgIpc) is 2.60. The quantitative estimate of drug-likeness (QED) is 0.651. The predicted molar refractivity (Wildman–Crippen MR) is 62.0 cm³/mol. The van der Waals surface area contributed by atoms with Crippen LogP contribution in [0.1, 0.15) is 46.5 Å². The fraction of sp³-hybridized carbons (Fsp3) is 0.692. The highest BCUT2D eigenvalue weighted by molar-refractivity contribution is 5.85. The van der Waals surface area contributed by atoms with Gasteiger partial charge in [0.1, 0.15) is 11.4 Å². The lowest BCUT2D eigenvalue weighted by Gasteiger charge is -2.33. The van der Waals surface area contributed by atoms with Crippen LogP contribution in [0.4, 0.5) is 0 Å². The molecule has 0 N–H and O–H groups in total. The third-order valence-electron chi connectivity index (χ3n) is 3.21. The van der Waals surface area contributed by atoms with Gasteiger partial charge in [0, 0.05) is 18.4 Å². The first-order chi connectivity index (χ1) is 7.54. The molecule has 16 heavy (non-hydrogen) atoms. The molecule has 0 unspecified atom stereocenters. The summed E-state index contributed by atoms with van der Waals surface area (Å²) in [7, 11) is 0. The Morgan fingerprint density at radius 1 is 1.50 bits per heavy atom. The Hall–Kier alpha value is -1.12. The Morgan fingerprint density at radius 3 is 2.56 bits per heavy atom. The van der Waals surface area contributed by atoms with Crippen LogP contribution in [0.25, 0.3) is 0 Å². The molecule has 3 nitrogen and oxygen atoms in total. The molecule has 3 heteroatoms. The summed E-state index contributed by atoms with van der Waals surface area (Å²) in [4.78, 5) is 22.5. The first-order valence-electron chi connectivity index (χ1n) is 5.95. The van der Waals surface area contributed by atoms with Crippen molar-refractivity contribution in [1.82, 2.24) is 0 Å². The molecule has 1 heterocycles. The third kappa shape index (κ3) is 2.71. The molecule has 0 aromatic rings. The van der Waals surface area contributed by atoms with E-state index in [0.717, 1.165) is 19.3 Å². The van der Waals surface area contributed by atoms with Crippen molar-refractivity contribution in [1.29, 1.82) is 0 Å². The predicted octanol–water partition coefficient (Wildman–Crippen LogP) is 2.64. The highest BCUT2D eigenvalue weighted by Crippen LogP contribution is 2.37. The Morgan fingerprint density at radius 2 is 2.19 bits per heavy atom. The van der Waals surface area contributed by atoms with Crippen LogP contribution >= 0.6 is 0 Å². The molecule has 1 rings (SSSR count). The number of hydrogen-bond acceptors (Lipinski definition) is 3. The number of ketones is 1. The number of rotatable bonds is 6. The molecule has 0 bridgehead atoms. The second-order valence-electron chi connectivity index (χ2n) is 4.45. The van der Waals surface area contributed by atoms with Crippen molar-refractivity contribution in [3.05, 3.63) is 12.2 Å². The summed E-state index contributed by atoms with van der Waals surface area (Å²) in [6.45, 7) is 5.66. The van der Waals surface area contributed by atoms with Gasteiger partial charge in [0.05, 0.1) is 0 Å². The molecule has 2 atom stereocenters. The normalized spacial score (nSPS) is 25.6. The Bertz CT molecular complexity index is 306. The summed E-state index contributed by atoms with van der Waals surface area (Å²) < 4.78 is 5.41. The molecule has 0 spiro atoms. The van der Waals surface area contributed by atoms with Crippen molar-refractivity contribution in [2.75, 3.05) is 0 Å². The van der Waals surface area contributed by atoms with Gasteiger partial charge in [-0.05, 0) is 25.8 Å². The fourth-order valence-electron chi connectivity index (χ4n) is 2.38. The molecule has 1 aliphatic rings. The SMILES string of the molecule is CCC[C@@H](CC(C)=O)[C@]1(CC)C=CC(=O)O1. The van der Waals surface area contributed by atoms with Crippen LogP contribution in [0, 0.1) is 5.92 Å². The maximum Gasteiger partial charge on any atom is 0.331 e. The first kappa shape index (κ1) is 12.9. The lowest BCUT2D eigenvalue weighted by atomic mass is 9.79. The van der Waals surface area contributed by atoms with Crippen molar-refractivity contribution in [3.8, 4) is 0 Å². The zero-order valence-corrected chi connectivity index (χ0v) is 10.3. The molecule has 0 aromatic carbocycles. The van der Waals surface area contributed by atoms with Crippen LogP contribution in [0.2, 0.25) is 0 Å². The zero-order valence-electron chi connectivity index (χ0n) is 10.3. The van der Waals surface area contributed by atoms with E-state index in [-0.39, 0.29) is 17.7 Å². The molecule has 90 valence electrons. The number of cyclic esters (lactones) is 1. The lowest BCUT2D eigenvalue weighted by molar-refractivity contribution is -0.151. The van der Waals surface area contributed by atoms with Crippen LogP contribution in [-0.4, -0.2) is 17.4 Å². The van der Waals surface area contributed by atoms with E-state index in [0.29, 0.717) is 6.42 Å². The van der Waals surface area contributed by atoms with Gasteiger partial charge >= 0.3 is 5.97 Å². The standard InChI is InChI=1S/C13H20O3/c1-4-6-11(9-10(3)14)13(5-2)8-7-12(15)16-13/h7-8,11H,4-6,9H2,1-3H3/t11-,13-/m0/s1. The van der Waals surface area contributed by atoms with Crippen LogP contribution in [0.5, 0.6) is 0 Å². The average molecular weight is 224 g/mol. The van der Waals surface area contributed by atoms with E-state index in [1.807, 2.05) is 13.0 Å². The summed E-state index contributed by atoms with van der Waals surface area (Å²) in [5.74, 6) is -0.0168. The van der Waals surface area contributed by atoms with E-state index in [1.165, 1.54) is 6.08 Å². The van der Waals surface area contributed by atoms with Gasteiger partial charge in [-0.25, -0.2) is 4.79 Å². The van der Waals surface area contributed by atoms with Crippen molar-refractivity contribution in [3.63, 3.8) is 0 Å². The molecule has 0 saturated heterocycles. The number of Topliss-reactive ketones (excluding diaryl/α,β-unsaturated/α-hetero) is 1. The largest absolute Gasteiger partial charge is 0.451 e. The second kappa shape index (κ2) is 5.28. The zero-order chi connectivity index (χ0) is 12.2. The number of carbonyl (C=O) groups is 2. The highest BCUT2D eigenvalue weighted by atomic mass is 16.6. The molecule has 0 radical (unpaired) electrons. The van der Waals surface area contributed by atoms with Crippen molar-refractivity contribution in [2.45, 2.75) is 52.1 Å². The van der Waals surface area contributed by atoms with Crippen LogP contribution in [-0.2, 0) is 14.3 Å². The van der Waals surface area contributed by atoms with Crippen LogP contribution in [0.3, 0.4) is 0 Å². The topological polar surface area (TPSA) is 43.4 Å². The second-order valence-corrected chi connectivity index (χ2v) is 4.45. The summed E-state index contributed by atoms with van der Waals surface area (Å²) in [6, 6.07) is 0. The Labute approximate surface area is 96.9 Å². The lowest BCUT2D eigenvalue weighted by Crippen LogP contribution is -2.38. The minimum Gasteiger partial charge on any atom is -0.451 e. The maximum absolute atomic E-state index is 11.3. The van der Waals surface area contributed by atoms with Crippen molar-refractivity contribution < 1.29 is 14.3 Å². The van der Waals surface area contributed by atoms with Crippen LogP contribution in [0.15, 0.2) is 12.2 Å². The highest BCUT2D eigenvalue weighted by Gasteiger charge is 2.41. The molecule has 0 aromatic heterocycles. The van der Waals surface area contributed by atoms with E-state index < -0.39 is 5.60 Å². The molecule has 0 aliphatic carbocycles. The summed E-state index contributed by atoms with van der Waals surface area (Å²) in [5, 5.41) is 0.